The summed E-state index contributed by atoms with van der Waals surface area (Å²) in [5, 5.41) is 0. The van der Waals surface area contributed by atoms with Gasteiger partial charge in [-0.3, -0.25) is 4.90 Å². The van der Waals surface area contributed by atoms with Gasteiger partial charge in [0.2, 0.25) is 0 Å². The fraction of sp³-hybridized carbons (Fsp3) is 0.833. The second-order valence-corrected chi connectivity index (χ2v) is 4.36. The van der Waals surface area contributed by atoms with Crippen molar-refractivity contribution in [3.05, 3.63) is 0 Å². The van der Waals surface area contributed by atoms with Gasteiger partial charge in [-0.1, -0.05) is 6.42 Å². The van der Waals surface area contributed by atoms with Crippen molar-refractivity contribution in [2.24, 2.45) is 0 Å². The second-order valence-electron chi connectivity index (χ2n) is 4.36. The summed E-state index contributed by atoms with van der Waals surface area (Å²) in [5.41, 5.74) is 0. The molecule has 0 aliphatic carbocycles. The van der Waals surface area contributed by atoms with Crippen LogP contribution in [0.15, 0.2) is 0 Å². The molecule has 2 bridgehead atoms. The molecular weight excluding hydrogens is 158 g/mol. The van der Waals surface area contributed by atoms with Crippen molar-refractivity contribution in [3.63, 3.8) is 0 Å². The third-order valence-corrected chi connectivity index (χ3v) is 3.58. The molecule has 2 unspecified atom stereocenters. The number of piperidine rings is 1. The Bertz CT molecular complexity index is 188. The molecule has 0 radical (unpaired) electrons. The van der Waals surface area contributed by atoms with E-state index in [1.165, 1.54) is 45.1 Å². The maximum Gasteiger partial charge on any atom is 0.00987 e. The first-order chi connectivity index (χ1) is 6.42. The monoisotopic (exact) mass is 177 g/mol. The van der Waals surface area contributed by atoms with Crippen LogP contribution >= 0.6 is 0 Å². The van der Waals surface area contributed by atoms with E-state index >= 15 is 0 Å². The molecule has 0 N–H and O–H groups in total. The van der Waals surface area contributed by atoms with E-state index in [1.807, 2.05) is 0 Å². The largest absolute Gasteiger partial charge is 0.297 e. The Morgan fingerprint density at radius 2 is 1.85 bits per heavy atom. The SMILES string of the molecule is C#CCCCN1C2CCCC1CC2. The molecule has 0 saturated carbocycles. The van der Waals surface area contributed by atoms with Crippen molar-refractivity contribution in [2.45, 2.75) is 57.0 Å². The van der Waals surface area contributed by atoms with Gasteiger partial charge in [0.05, 0.1) is 0 Å². The molecule has 0 amide bonds. The first-order valence-electron chi connectivity index (χ1n) is 5.61. The van der Waals surface area contributed by atoms with E-state index in [2.05, 4.69) is 10.8 Å². The number of unbranched alkanes of at least 4 members (excludes halogenated alkanes) is 1. The van der Waals surface area contributed by atoms with Crippen LogP contribution in [0.2, 0.25) is 0 Å². The molecule has 0 aromatic rings. The lowest BCUT2D eigenvalue weighted by molar-refractivity contribution is 0.139. The third-order valence-electron chi connectivity index (χ3n) is 3.58. The van der Waals surface area contributed by atoms with E-state index in [-0.39, 0.29) is 0 Å². The molecule has 2 saturated heterocycles. The van der Waals surface area contributed by atoms with Crippen molar-refractivity contribution < 1.29 is 0 Å². The van der Waals surface area contributed by atoms with Crippen LogP contribution in [0.25, 0.3) is 0 Å². The highest BCUT2D eigenvalue weighted by atomic mass is 15.2. The van der Waals surface area contributed by atoms with Crippen LogP contribution in [-0.2, 0) is 0 Å². The fourth-order valence-electron chi connectivity index (χ4n) is 2.95. The first kappa shape index (κ1) is 9.09. The highest BCUT2D eigenvalue weighted by Gasteiger charge is 2.35. The smallest absolute Gasteiger partial charge is 0.00987 e. The second kappa shape index (κ2) is 4.15. The average molecular weight is 177 g/mol. The Labute approximate surface area is 81.5 Å². The van der Waals surface area contributed by atoms with Gasteiger partial charge in [-0.2, -0.15) is 0 Å². The average Bonchev–Trinajstić information content (AvgIpc) is 2.38. The lowest BCUT2D eigenvalue weighted by Gasteiger charge is -2.34. The molecule has 1 nitrogen and oxygen atoms in total. The highest BCUT2D eigenvalue weighted by Crippen LogP contribution is 2.35. The van der Waals surface area contributed by atoms with Crippen molar-refractivity contribution >= 4 is 0 Å². The summed E-state index contributed by atoms with van der Waals surface area (Å²) in [6, 6.07) is 1.83. The Balaban J connectivity index is 1.82. The minimum Gasteiger partial charge on any atom is -0.297 e. The van der Waals surface area contributed by atoms with E-state index < -0.39 is 0 Å². The van der Waals surface area contributed by atoms with Gasteiger partial charge in [0.25, 0.3) is 0 Å². The number of hydrogen-bond donors (Lipinski definition) is 0. The van der Waals surface area contributed by atoms with Gasteiger partial charge in [-0.25, -0.2) is 0 Å². The molecule has 2 fully saturated rings. The molecule has 2 atom stereocenters. The van der Waals surface area contributed by atoms with Crippen LogP contribution in [-0.4, -0.2) is 23.5 Å². The number of terminal acetylenes is 1. The molecule has 2 aliphatic rings. The summed E-state index contributed by atoms with van der Waals surface area (Å²) in [4.78, 5) is 2.72. The van der Waals surface area contributed by atoms with Gasteiger partial charge in [0, 0.05) is 18.5 Å². The van der Waals surface area contributed by atoms with Crippen LogP contribution in [0.5, 0.6) is 0 Å². The van der Waals surface area contributed by atoms with Gasteiger partial charge in [-0.15, -0.1) is 12.3 Å². The summed E-state index contributed by atoms with van der Waals surface area (Å²) >= 11 is 0. The van der Waals surface area contributed by atoms with E-state index in [0.29, 0.717) is 0 Å². The molecule has 2 rings (SSSR count). The van der Waals surface area contributed by atoms with Crippen LogP contribution < -0.4 is 0 Å². The predicted molar refractivity (Wildman–Crippen MR) is 55.4 cm³/mol. The number of fused-ring (bicyclic) bond motifs is 2. The molecule has 1 heteroatoms. The quantitative estimate of drug-likeness (QED) is 0.472. The Morgan fingerprint density at radius 3 is 2.46 bits per heavy atom. The molecular formula is C12H19N. The number of nitrogens with zero attached hydrogens (tertiary/aromatic N) is 1. The highest BCUT2D eigenvalue weighted by molar-refractivity contribution is 4.92. The topological polar surface area (TPSA) is 3.24 Å². The predicted octanol–water partition coefficient (Wildman–Crippen LogP) is 2.42. The number of hydrogen-bond acceptors (Lipinski definition) is 1. The summed E-state index contributed by atoms with van der Waals surface area (Å²) < 4.78 is 0. The van der Waals surface area contributed by atoms with Crippen molar-refractivity contribution in [2.75, 3.05) is 6.54 Å². The van der Waals surface area contributed by atoms with Crippen LogP contribution in [0.1, 0.15) is 44.9 Å². The molecule has 13 heavy (non-hydrogen) atoms. The molecule has 0 aromatic heterocycles. The molecule has 2 aliphatic heterocycles. The maximum atomic E-state index is 5.26. The molecule has 0 aromatic carbocycles. The van der Waals surface area contributed by atoms with Gasteiger partial charge in [0.15, 0.2) is 0 Å². The zero-order valence-electron chi connectivity index (χ0n) is 8.34. The van der Waals surface area contributed by atoms with Crippen LogP contribution in [0, 0.1) is 12.3 Å². The fourth-order valence-corrected chi connectivity index (χ4v) is 2.95. The van der Waals surface area contributed by atoms with Crippen molar-refractivity contribution in [1.29, 1.82) is 0 Å². The lowest BCUT2D eigenvalue weighted by Crippen LogP contribution is -2.40. The third kappa shape index (κ3) is 1.89. The first-order valence-corrected chi connectivity index (χ1v) is 5.61. The van der Waals surface area contributed by atoms with Gasteiger partial charge >= 0.3 is 0 Å². The summed E-state index contributed by atoms with van der Waals surface area (Å²) in [5.74, 6) is 2.73. The zero-order valence-corrected chi connectivity index (χ0v) is 8.34. The minimum absolute atomic E-state index is 0.913. The number of rotatable bonds is 3. The van der Waals surface area contributed by atoms with Crippen molar-refractivity contribution in [3.8, 4) is 12.3 Å². The van der Waals surface area contributed by atoms with E-state index in [9.17, 15) is 0 Å². The van der Waals surface area contributed by atoms with Gasteiger partial charge in [-0.05, 0) is 38.6 Å². The summed E-state index contributed by atoms with van der Waals surface area (Å²) in [7, 11) is 0. The van der Waals surface area contributed by atoms with Gasteiger partial charge in [0.1, 0.15) is 0 Å². The normalized spacial score (nSPS) is 33.2. The van der Waals surface area contributed by atoms with Gasteiger partial charge < -0.3 is 0 Å². The maximum absolute atomic E-state index is 5.26. The van der Waals surface area contributed by atoms with E-state index in [1.54, 1.807) is 0 Å². The molecule has 72 valence electrons. The molecule has 2 heterocycles. The summed E-state index contributed by atoms with van der Waals surface area (Å²) in [6.45, 7) is 1.25. The zero-order chi connectivity index (χ0) is 9.10. The van der Waals surface area contributed by atoms with Crippen LogP contribution in [0.4, 0.5) is 0 Å². The van der Waals surface area contributed by atoms with Crippen molar-refractivity contribution in [1.82, 2.24) is 4.90 Å². The Morgan fingerprint density at radius 1 is 1.15 bits per heavy atom. The molecule has 0 spiro atoms. The van der Waals surface area contributed by atoms with Crippen LogP contribution in [0.3, 0.4) is 0 Å². The standard InChI is InChI=1S/C12H19N/c1-2-3-4-10-13-11-6-5-7-12(13)9-8-11/h1,11-12H,3-10H2. The lowest BCUT2D eigenvalue weighted by atomic mass is 10.0. The summed E-state index contributed by atoms with van der Waals surface area (Å²) in [6.07, 6.45) is 14.6. The minimum atomic E-state index is 0.913. The Kier molecular flexibility index (Phi) is 2.90. The Hall–Kier alpha value is -0.480. The van der Waals surface area contributed by atoms with E-state index in [0.717, 1.165) is 18.5 Å². The van der Waals surface area contributed by atoms with E-state index in [4.69, 9.17) is 6.42 Å².